The molecule has 5 rings (SSSR count). The number of nitrogens with one attached hydrogen (secondary N) is 2. The number of aryl methyl sites for hydroxylation is 2. The van der Waals surface area contributed by atoms with Gasteiger partial charge in [0.1, 0.15) is 40.0 Å². The summed E-state index contributed by atoms with van der Waals surface area (Å²) in [7, 11) is 1.41. The molecule has 0 saturated carbocycles. The number of hydrogen-bond donors (Lipinski definition) is 7. The van der Waals surface area contributed by atoms with E-state index in [9.17, 15) is 28.8 Å². The van der Waals surface area contributed by atoms with Gasteiger partial charge in [0.15, 0.2) is 0 Å². The number of carbonyl (C=O) groups excluding carboxylic acids is 5. The molecule has 350 valence electrons. The zero-order valence-electron chi connectivity index (χ0n) is 37.1. The molecule has 0 aliphatic carbocycles. The van der Waals surface area contributed by atoms with Crippen LogP contribution in [0.2, 0.25) is 0 Å². The molecule has 0 radical (unpaired) electrons. The van der Waals surface area contributed by atoms with Gasteiger partial charge in [0.25, 0.3) is 11.8 Å². The highest BCUT2D eigenvalue weighted by molar-refractivity contribution is 6.47. The van der Waals surface area contributed by atoms with Crippen LogP contribution in [0.3, 0.4) is 0 Å². The molecule has 3 heterocycles. The van der Waals surface area contributed by atoms with E-state index < -0.39 is 41.6 Å². The number of aliphatic carboxylic acids is 1. The molecule has 0 bridgehead atoms. The molecular formula is C43H53N13O10. The summed E-state index contributed by atoms with van der Waals surface area (Å²) in [5.74, 6) is -3.90. The molecule has 23 heteroatoms. The summed E-state index contributed by atoms with van der Waals surface area (Å²) in [6.45, 7) is 7.68. The maximum Gasteiger partial charge on any atom is 0.322 e. The number of fused-ring (bicyclic) bond motifs is 2. The van der Waals surface area contributed by atoms with E-state index in [1.165, 1.54) is 37.5 Å². The van der Waals surface area contributed by atoms with Gasteiger partial charge in [-0.15, -0.1) is 0 Å². The molecule has 3 aromatic heterocycles. The number of ether oxygens (including phenoxy) is 3. The smallest absolute Gasteiger partial charge is 0.322 e. The molecular weight excluding hydrogens is 859 g/mol. The van der Waals surface area contributed by atoms with E-state index in [0.29, 0.717) is 41.0 Å². The summed E-state index contributed by atoms with van der Waals surface area (Å²) >= 11 is 0. The fourth-order valence-corrected chi connectivity index (χ4v) is 6.70. The van der Waals surface area contributed by atoms with Crippen LogP contribution in [-0.2, 0) is 38.8 Å². The predicted octanol–water partition coefficient (Wildman–Crippen LogP) is 2.39. The lowest BCUT2D eigenvalue weighted by Gasteiger charge is -2.14. The fourth-order valence-electron chi connectivity index (χ4n) is 6.70. The van der Waals surface area contributed by atoms with Crippen LogP contribution in [0.5, 0.6) is 11.5 Å². The van der Waals surface area contributed by atoms with Gasteiger partial charge in [-0.1, -0.05) is 12.2 Å². The highest BCUT2D eigenvalue weighted by atomic mass is 16.5. The van der Waals surface area contributed by atoms with Gasteiger partial charge < -0.3 is 51.4 Å². The number of aliphatic imine (C=N–C) groups is 1. The average molecular weight is 912 g/mol. The van der Waals surface area contributed by atoms with Gasteiger partial charge in [0, 0.05) is 55.8 Å². The molecule has 2 aromatic carbocycles. The van der Waals surface area contributed by atoms with Crippen LogP contribution in [0, 0.1) is 6.92 Å². The Morgan fingerprint density at radius 3 is 2.00 bits per heavy atom. The lowest BCUT2D eigenvalue weighted by molar-refractivity contribution is -0.146. The van der Waals surface area contributed by atoms with Crippen LogP contribution in [0.1, 0.15) is 76.9 Å². The summed E-state index contributed by atoms with van der Waals surface area (Å²) in [5.41, 5.74) is 25.8. The monoisotopic (exact) mass is 911 g/mol. The van der Waals surface area contributed by atoms with Gasteiger partial charge in [-0.25, -0.2) is 9.97 Å². The molecule has 66 heavy (non-hydrogen) atoms. The second kappa shape index (κ2) is 22.0. The van der Waals surface area contributed by atoms with Crippen LogP contribution in [0.25, 0.3) is 22.1 Å². The van der Waals surface area contributed by atoms with Crippen molar-refractivity contribution >= 4 is 75.2 Å². The summed E-state index contributed by atoms with van der Waals surface area (Å²) in [4.78, 5) is 88.8. The van der Waals surface area contributed by atoms with Crippen LogP contribution in [0.4, 0.5) is 11.9 Å². The Hall–Kier alpha value is -8.08. The van der Waals surface area contributed by atoms with Gasteiger partial charge in [-0.05, 0) is 70.5 Å². The molecule has 0 unspecified atom stereocenters. The van der Waals surface area contributed by atoms with Crippen LogP contribution in [-0.4, -0.2) is 108 Å². The van der Waals surface area contributed by atoms with Gasteiger partial charge in [-0.3, -0.25) is 49.1 Å². The Kier molecular flexibility index (Phi) is 16.3. The standard InChI is InChI=1S/C43H53N13O10/c1-6-48-30(17-23(3)44)39(61)51-42-49-28-19-25(37(46)59)21-32(64-5)35(28)54(42)13-8-9-14-55-36-29(50-43(55)52-40(62)31-18-24(4)53-56(31)7-2)20-26(38(47)60)22-33(36)65-15-10-16-66-41(63)27(45)11-12-34(57)58/h8-9,17-22,27H,6-7,10-16,44-45H2,1-5H3,(H2,46,59)(H2,47,60)(H,57,58)(H,49,51,61)(H,50,52,62)/b9-8+,23-17?,48-30?/t27-/m0/s1. The van der Waals surface area contributed by atoms with E-state index >= 15 is 0 Å². The number of aromatic nitrogens is 6. The maximum absolute atomic E-state index is 13.8. The highest BCUT2D eigenvalue weighted by Crippen LogP contribution is 2.33. The van der Waals surface area contributed by atoms with E-state index in [1.54, 1.807) is 52.8 Å². The topological polar surface area (TPSA) is 344 Å². The number of nitrogens with zero attached hydrogens (tertiary/aromatic N) is 7. The number of imidazole rings is 2. The summed E-state index contributed by atoms with van der Waals surface area (Å²) in [6, 6.07) is 6.34. The lowest BCUT2D eigenvalue weighted by Crippen LogP contribution is -2.33. The Morgan fingerprint density at radius 2 is 1.45 bits per heavy atom. The number of anilines is 2. The van der Waals surface area contributed by atoms with Crippen molar-refractivity contribution < 1.29 is 48.1 Å². The molecule has 11 N–H and O–H groups in total. The summed E-state index contributed by atoms with van der Waals surface area (Å²) < 4.78 is 21.9. The Labute approximate surface area is 377 Å². The Bertz CT molecular complexity index is 2760. The van der Waals surface area contributed by atoms with Crippen molar-refractivity contribution in [1.82, 2.24) is 28.9 Å². The third kappa shape index (κ3) is 11.9. The first-order valence-electron chi connectivity index (χ1n) is 20.7. The number of primary amides is 2. The van der Waals surface area contributed by atoms with Gasteiger partial charge >= 0.3 is 11.9 Å². The highest BCUT2D eigenvalue weighted by Gasteiger charge is 2.24. The minimum absolute atomic E-state index is 0.0283. The lowest BCUT2D eigenvalue weighted by atomic mass is 10.1. The number of allylic oxidation sites excluding steroid dienone is 3. The summed E-state index contributed by atoms with van der Waals surface area (Å²) in [6.07, 6.45) is 4.73. The van der Waals surface area contributed by atoms with Gasteiger partial charge in [-0.2, -0.15) is 5.10 Å². The van der Waals surface area contributed by atoms with E-state index in [-0.39, 0.29) is 97.0 Å². The van der Waals surface area contributed by atoms with Crippen molar-refractivity contribution in [3.05, 3.63) is 76.8 Å². The third-order valence-corrected chi connectivity index (χ3v) is 9.72. The van der Waals surface area contributed by atoms with E-state index in [2.05, 4.69) is 30.7 Å². The number of carbonyl (C=O) groups is 6. The summed E-state index contributed by atoms with van der Waals surface area (Å²) in [5, 5.41) is 18.9. The molecule has 23 nitrogen and oxygen atoms in total. The van der Waals surface area contributed by atoms with Gasteiger partial charge in [0.05, 0.1) is 37.1 Å². The first-order chi connectivity index (χ1) is 31.4. The molecule has 0 fully saturated rings. The number of nitrogens with two attached hydrogens (primary N) is 4. The van der Waals surface area contributed by atoms with Crippen molar-refractivity contribution in [1.29, 1.82) is 0 Å². The molecule has 0 aliphatic heterocycles. The number of esters is 1. The number of rotatable bonds is 23. The van der Waals surface area contributed by atoms with Crippen molar-refractivity contribution in [2.75, 3.05) is 37.5 Å². The molecule has 0 spiro atoms. The Balaban J connectivity index is 1.53. The van der Waals surface area contributed by atoms with Crippen molar-refractivity contribution in [2.45, 2.75) is 72.6 Å². The van der Waals surface area contributed by atoms with Crippen LogP contribution >= 0.6 is 0 Å². The maximum atomic E-state index is 13.8. The zero-order valence-corrected chi connectivity index (χ0v) is 37.1. The SMILES string of the molecule is CCN=C(C=C(C)N)C(=O)Nc1nc2cc(C(N)=O)cc(OC)c2n1C/C=C/Cn1c(NC(=O)c2cc(C)nn2CC)nc2cc(C(N)=O)cc(OCCCOC(=O)[C@@H](N)CCC(=O)O)c21. The molecule has 0 saturated heterocycles. The predicted molar refractivity (Wildman–Crippen MR) is 243 cm³/mol. The van der Waals surface area contributed by atoms with E-state index in [0.717, 1.165) is 0 Å². The van der Waals surface area contributed by atoms with Gasteiger partial charge in [0.2, 0.25) is 23.7 Å². The molecule has 1 atom stereocenters. The molecule has 0 aliphatic rings. The van der Waals surface area contributed by atoms with E-state index in [1.807, 2.05) is 6.92 Å². The normalized spacial score (nSPS) is 12.4. The number of carboxylic acid groups (broad SMARTS) is 1. The van der Waals surface area contributed by atoms with Crippen molar-refractivity contribution in [2.24, 2.45) is 27.9 Å². The number of methoxy groups -OCH3 is 1. The zero-order chi connectivity index (χ0) is 48.2. The third-order valence-electron chi connectivity index (χ3n) is 9.72. The number of carboxylic acids is 1. The molecule has 4 amide bonds. The molecule has 5 aromatic rings. The van der Waals surface area contributed by atoms with E-state index in [4.69, 9.17) is 42.3 Å². The first-order valence-corrected chi connectivity index (χ1v) is 20.7. The fraction of sp³-hybridized carbons (Fsp3) is 0.349. The quantitative estimate of drug-likeness (QED) is 0.0214. The number of benzene rings is 2. The number of amides is 4. The largest absolute Gasteiger partial charge is 0.494 e. The van der Waals surface area contributed by atoms with Crippen molar-refractivity contribution in [3.63, 3.8) is 0 Å². The van der Waals surface area contributed by atoms with Crippen molar-refractivity contribution in [3.8, 4) is 11.5 Å². The van der Waals surface area contributed by atoms with Crippen LogP contribution in [0.15, 0.2) is 59.2 Å². The number of hydrogen-bond acceptors (Lipinski definition) is 15. The minimum atomic E-state index is -1.12. The van der Waals surface area contributed by atoms with Crippen LogP contribution < -0.4 is 43.0 Å². The Morgan fingerprint density at radius 1 is 0.864 bits per heavy atom. The minimum Gasteiger partial charge on any atom is -0.494 e. The first kappa shape index (κ1) is 48.9. The second-order valence-electron chi connectivity index (χ2n) is 14.7. The second-order valence-corrected chi connectivity index (χ2v) is 14.7. The average Bonchev–Trinajstić information content (AvgIpc) is 3.94.